The molecule has 0 aliphatic heterocycles. The number of hydrogen-bond acceptors (Lipinski definition) is 27. The van der Waals surface area contributed by atoms with Gasteiger partial charge in [-0.1, -0.05) is 83.9 Å². The molecule has 0 saturated carbocycles. The molecule has 672 valence electrons. The Morgan fingerprint density at radius 1 is 0.293 bits per heavy atom. The van der Waals surface area contributed by atoms with Gasteiger partial charge in [0.2, 0.25) is 0 Å². The standard InChI is InChI=1S/C15H15ClN4.C15H15FN4.C15H16N4O.C14H13ClN4.C13H13N5.2C12H12N6/c1-9-4-3-5-11(13(9)16)7-17-14-12-6-10(2)20-15(12)19-8-18-14;1-9-3-11(6-12(16)4-9)7-17-14-13-5-10(2)20-15(13)19-8-18-14;1-10-7-12-14(17-9-18-15(12)19-10)16-8-11-5-3-4-6-13(11)20-2;1-9-5-12-13(17-8-18-14(12)19-9)16-7-10-3-2-4-11(15)6-10;1-9-5-11-12(16-8-17-13(11)18-9)15-7-10-3-2-4-14-6-10;1-8-4-10-11(16-7-17-12(10)18-8)15-6-9-5-13-2-3-14-9;1-8-4-10-11(16-7-17-12(10)18-8)14-5-9-2-3-13-6-15-9/h2*3-6,8H,7H2,1-2H3,(H2,17,18,19,20);3-7,9H,8H2,1-2H3,(H2,16,17,18,19);2-6,8H,7H2,1H3,(H2,16,17,18,19);2-6,8H,7H2,1H3,(H2,15,16,17,18);2-5,7H,6H2,1H3,(H2,15,16,17,18);2-4,6-7H,5H2,1H3,(H2,14,16,17,18). The van der Waals surface area contributed by atoms with Crippen molar-refractivity contribution in [1.29, 1.82) is 0 Å². The molecule has 14 N–H and O–H groups in total. The van der Waals surface area contributed by atoms with E-state index >= 15 is 0 Å². The van der Waals surface area contributed by atoms with Crippen LogP contribution in [-0.2, 0) is 45.8 Å². The van der Waals surface area contributed by atoms with Crippen LogP contribution >= 0.6 is 23.2 Å². The molecule has 4 aromatic carbocycles. The van der Waals surface area contributed by atoms with Crippen molar-refractivity contribution in [3.05, 3.63) is 339 Å². The van der Waals surface area contributed by atoms with Gasteiger partial charge < -0.3 is 76.8 Å². The SMILES string of the molecule is COc1ccccc1CNc1ncnc2[nH]c(C)cc12.Cc1cc(F)cc(CNc2ncnc3[nH]c(C)cc23)c1.Cc1cc2c(NCc3cccc(C)c3Cl)ncnc2[nH]1.Cc1cc2c(NCc3cccc(Cl)c3)ncnc2[nH]1.Cc1cc2c(NCc3cccnc3)ncnc2[nH]1.Cc1cc2c(NCc3ccncn3)ncnc2[nH]1.Cc1cc2c(NCc3cnccn3)ncnc2[nH]1. The summed E-state index contributed by atoms with van der Waals surface area (Å²) in [5.41, 5.74) is 22.4. The van der Waals surface area contributed by atoms with E-state index in [1.54, 1.807) is 69.7 Å². The van der Waals surface area contributed by atoms with Crippen LogP contribution in [-0.4, -0.2) is 137 Å². The second-order valence-corrected chi connectivity index (χ2v) is 31.7. The van der Waals surface area contributed by atoms with E-state index in [1.807, 2.05) is 202 Å². The summed E-state index contributed by atoms with van der Waals surface area (Å²) in [4.78, 5) is 102. The fraction of sp³-hybridized carbons (Fsp3) is 0.177. The van der Waals surface area contributed by atoms with Crippen LogP contribution in [0.3, 0.4) is 0 Å². The molecule has 0 atom stereocenters. The predicted molar refractivity (Wildman–Crippen MR) is 522 cm³/mol. The van der Waals surface area contributed by atoms with Crippen LogP contribution < -0.4 is 42.0 Å². The maximum absolute atomic E-state index is 13.4. The zero-order chi connectivity index (χ0) is 92.5. The number of anilines is 7. The Balaban J connectivity index is 0.000000119. The summed E-state index contributed by atoms with van der Waals surface area (Å²) in [6.45, 7) is 22.3. The van der Waals surface area contributed by atoms with Gasteiger partial charge in [-0.15, -0.1) is 0 Å². The number of benzene rings is 4. The molecule has 17 heterocycles. The average molecular weight is 1820 g/mol. The summed E-state index contributed by atoms with van der Waals surface area (Å²) >= 11 is 12.3. The number of aromatic nitrogens is 26. The van der Waals surface area contributed by atoms with Gasteiger partial charge in [0.05, 0.1) is 75.5 Å². The van der Waals surface area contributed by atoms with E-state index in [-0.39, 0.29) is 5.82 Å². The number of aromatic amines is 7. The molecule has 0 spiro atoms. The largest absolute Gasteiger partial charge is 0.496 e. The number of halogens is 3. The third-order valence-corrected chi connectivity index (χ3v) is 21.3. The molecule has 21 aromatic rings. The van der Waals surface area contributed by atoms with Gasteiger partial charge in [-0.3, -0.25) is 15.0 Å². The van der Waals surface area contributed by atoms with E-state index in [0.717, 1.165) is 224 Å². The molecule has 133 heavy (non-hydrogen) atoms. The molecule has 0 aliphatic carbocycles. The van der Waals surface area contributed by atoms with Gasteiger partial charge >= 0.3 is 0 Å². The number of rotatable bonds is 22. The van der Waals surface area contributed by atoms with Crippen molar-refractivity contribution >= 4 is 141 Å². The first-order valence-electron chi connectivity index (χ1n) is 42.3. The van der Waals surface area contributed by atoms with Crippen LogP contribution in [0.4, 0.5) is 45.1 Å². The van der Waals surface area contributed by atoms with E-state index in [0.29, 0.717) is 45.8 Å². The van der Waals surface area contributed by atoms with Crippen LogP contribution in [0.25, 0.3) is 77.2 Å². The van der Waals surface area contributed by atoms with Crippen LogP contribution in [0, 0.1) is 68.1 Å². The Labute approximate surface area is 773 Å². The third kappa shape index (κ3) is 24.7. The average Bonchev–Trinajstić information content (AvgIpc) is 1.72. The van der Waals surface area contributed by atoms with Crippen LogP contribution in [0.5, 0.6) is 5.75 Å². The number of hydrogen-bond donors (Lipinski definition) is 14. The molecular weight excluding hydrogens is 1720 g/mol. The number of nitrogens with one attached hydrogen (secondary N) is 14. The van der Waals surface area contributed by atoms with Crippen molar-refractivity contribution in [3.8, 4) is 5.75 Å². The van der Waals surface area contributed by atoms with E-state index in [9.17, 15) is 4.39 Å². The summed E-state index contributed by atoms with van der Waals surface area (Å²) in [5, 5.41) is 31.5. The van der Waals surface area contributed by atoms with Crippen molar-refractivity contribution in [2.45, 2.75) is 108 Å². The number of pyridine rings is 1. The molecule has 37 heteroatoms. The first kappa shape index (κ1) is 91.2. The number of aryl methyl sites for hydroxylation is 9. The van der Waals surface area contributed by atoms with Crippen molar-refractivity contribution in [1.82, 2.24) is 130 Å². The van der Waals surface area contributed by atoms with E-state index in [4.69, 9.17) is 27.9 Å². The quantitative estimate of drug-likeness (QED) is 0.0300. The van der Waals surface area contributed by atoms with Crippen molar-refractivity contribution in [2.24, 2.45) is 0 Å². The molecule has 0 aliphatic rings. The highest BCUT2D eigenvalue weighted by atomic mass is 35.5. The smallest absolute Gasteiger partial charge is 0.143 e. The number of H-pyrrole nitrogens is 7. The van der Waals surface area contributed by atoms with Gasteiger partial charge in [0.15, 0.2) is 0 Å². The number of para-hydroxylation sites is 1. The Hall–Kier alpha value is -16.6. The zero-order valence-electron chi connectivity index (χ0n) is 74.4. The fourth-order valence-electron chi connectivity index (χ4n) is 14.4. The molecule has 0 saturated heterocycles. The van der Waals surface area contributed by atoms with Gasteiger partial charge in [-0.25, -0.2) is 84.1 Å². The molecule has 0 fully saturated rings. The summed E-state index contributed by atoms with van der Waals surface area (Å²) in [7, 11) is 1.68. The molecule has 0 amide bonds. The molecule has 0 unspecified atom stereocenters. The number of ether oxygens (including phenoxy) is 1. The Kier molecular flexibility index (Phi) is 30.1. The Morgan fingerprint density at radius 2 is 0.677 bits per heavy atom. The van der Waals surface area contributed by atoms with Crippen LogP contribution in [0.15, 0.2) is 233 Å². The van der Waals surface area contributed by atoms with Crippen molar-refractivity contribution in [2.75, 3.05) is 44.3 Å². The van der Waals surface area contributed by atoms with Crippen molar-refractivity contribution < 1.29 is 9.13 Å². The molecule has 17 aromatic heterocycles. The van der Waals surface area contributed by atoms with Crippen LogP contribution in [0.2, 0.25) is 10.0 Å². The van der Waals surface area contributed by atoms with Gasteiger partial charge in [0, 0.05) is 119 Å². The zero-order valence-corrected chi connectivity index (χ0v) is 75.9. The number of fused-ring (bicyclic) bond motifs is 7. The van der Waals surface area contributed by atoms with Gasteiger partial charge in [0.1, 0.15) is 142 Å². The molecule has 0 bridgehead atoms. The monoisotopic (exact) mass is 1820 g/mol. The molecular formula is C96H96Cl2FN33O. The highest BCUT2D eigenvalue weighted by Crippen LogP contribution is 2.30. The number of nitrogens with zero attached hydrogens (tertiary/aromatic N) is 19. The minimum Gasteiger partial charge on any atom is -0.496 e. The maximum Gasteiger partial charge on any atom is 0.143 e. The molecule has 0 radical (unpaired) electrons. The second-order valence-electron chi connectivity index (χ2n) is 30.9. The lowest BCUT2D eigenvalue weighted by Crippen LogP contribution is -2.03. The highest BCUT2D eigenvalue weighted by Gasteiger charge is 2.16. The van der Waals surface area contributed by atoms with Gasteiger partial charge in [-0.2, -0.15) is 0 Å². The Bertz CT molecular complexity index is 7120. The predicted octanol–water partition coefficient (Wildman–Crippen LogP) is 19.2. The lowest BCUT2D eigenvalue weighted by molar-refractivity contribution is 0.410. The fourth-order valence-corrected chi connectivity index (χ4v) is 14.8. The summed E-state index contributed by atoms with van der Waals surface area (Å²) < 4.78 is 18.7. The lowest BCUT2D eigenvalue weighted by atomic mass is 10.1. The van der Waals surface area contributed by atoms with Gasteiger partial charge in [-0.05, 0) is 181 Å². The third-order valence-electron chi connectivity index (χ3n) is 20.5. The van der Waals surface area contributed by atoms with E-state index in [2.05, 4.69) is 167 Å². The maximum atomic E-state index is 13.4. The summed E-state index contributed by atoms with van der Waals surface area (Å²) in [6.07, 6.45) is 22.7. The molecule has 21 rings (SSSR count). The minimum absolute atomic E-state index is 0.216. The summed E-state index contributed by atoms with van der Waals surface area (Å²) in [5.74, 6) is 6.33. The first-order chi connectivity index (χ1) is 64.7. The van der Waals surface area contributed by atoms with E-state index < -0.39 is 0 Å². The number of methoxy groups -OCH3 is 1. The van der Waals surface area contributed by atoms with Crippen molar-refractivity contribution in [3.63, 3.8) is 0 Å². The second kappa shape index (κ2) is 44.0. The molecule has 34 nitrogen and oxygen atoms in total. The Morgan fingerprint density at radius 3 is 1.08 bits per heavy atom. The summed E-state index contributed by atoms with van der Waals surface area (Å²) in [6, 6.07) is 46.8. The topological polar surface area (TPSA) is 449 Å². The van der Waals surface area contributed by atoms with Crippen LogP contribution in [0.1, 0.15) is 90.2 Å². The van der Waals surface area contributed by atoms with Gasteiger partial charge in [0.25, 0.3) is 0 Å². The first-order valence-corrected chi connectivity index (χ1v) is 43.0. The van der Waals surface area contributed by atoms with E-state index in [1.165, 1.54) is 31.1 Å². The lowest BCUT2D eigenvalue weighted by Gasteiger charge is -2.10. The minimum atomic E-state index is -0.216. The highest BCUT2D eigenvalue weighted by molar-refractivity contribution is 6.32. The normalized spacial score (nSPS) is 10.8.